The lowest BCUT2D eigenvalue weighted by Crippen LogP contribution is -2.24. The van der Waals surface area contributed by atoms with Gasteiger partial charge in [-0.25, -0.2) is 0 Å². The number of nitro groups is 1. The number of benzene rings is 1. The Kier molecular flexibility index (Phi) is 6.61. The summed E-state index contributed by atoms with van der Waals surface area (Å²) in [4.78, 5) is 10.6. The summed E-state index contributed by atoms with van der Waals surface area (Å²) in [5, 5.41) is 14.2. The van der Waals surface area contributed by atoms with E-state index in [1.54, 1.807) is 19.1 Å². The molecule has 5 nitrogen and oxygen atoms in total. The topological polar surface area (TPSA) is 64.4 Å². The smallest absolute Gasteiger partial charge is 0.272 e. The number of hydrogen-bond acceptors (Lipinski definition) is 4. The average molecular weight is 280 g/mol. The van der Waals surface area contributed by atoms with Crippen LogP contribution in [-0.2, 0) is 4.74 Å². The summed E-state index contributed by atoms with van der Waals surface area (Å²) >= 11 is 0. The molecule has 0 bridgehead atoms. The van der Waals surface area contributed by atoms with Crippen molar-refractivity contribution < 1.29 is 9.66 Å². The second-order valence-electron chi connectivity index (χ2n) is 5.45. The Balaban J connectivity index is 2.49. The summed E-state index contributed by atoms with van der Waals surface area (Å²) in [6.45, 7) is 10.1. The van der Waals surface area contributed by atoms with Crippen molar-refractivity contribution in [3.05, 3.63) is 39.4 Å². The summed E-state index contributed by atoms with van der Waals surface area (Å²) in [5.74, 6) is 0.534. The van der Waals surface area contributed by atoms with Gasteiger partial charge in [0.25, 0.3) is 5.69 Å². The molecule has 1 N–H and O–H groups in total. The van der Waals surface area contributed by atoms with E-state index in [0.717, 1.165) is 18.7 Å². The van der Waals surface area contributed by atoms with Gasteiger partial charge in [0.2, 0.25) is 0 Å². The first kappa shape index (κ1) is 16.6. The van der Waals surface area contributed by atoms with E-state index in [0.29, 0.717) is 18.1 Å². The van der Waals surface area contributed by atoms with Crippen LogP contribution in [0.5, 0.6) is 0 Å². The minimum Gasteiger partial charge on any atom is -0.380 e. The Morgan fingerprint density at radius 1 is 1.35 bits per heavy atom. The van der Waals surface area contributed by atoms with E-state index >= 15 is 0 Å². The van der Waals surface area contributed by atoms with Gasteiger partial charge < -0.3 is 10.1 Å². The molecule has 1 unspecified atom stereocenters. The lowest BCUT2D eigenvalue weighted by atomic mass is 10.0. The maximum absolute atomic E-state index is 10.9. The van der Waals surface area contributed by atoms with Crippen molar-refractivity contribution in [2.45, 2.75) is 33.7 Å². The van der Waals surface area contributed by atoms with E-state index in [9.17, 15) is 10.1 Å². The molecule has 0 aromatic heterocycles. The number of nitrogens with zero attached hydrogens (tertiary/aromatic N) is 1. The van der Waals surface area contributed by atoms with Crippen LogP contribution < -0.4 is 5.32 Å². The molecular weight excluding hydrogens is 256 g/mol. The van der Waals surface area contributed by atoms with Crippen molar-refractivity contribution in [2.75, 3.05) is 19.8 Å². The fourth-order valence-electron chi connectivity index (χ4n) is 1.88. The highest BCUT2D eigenvalue weighted by Gasteiger charge is 2.13. The van der Waals surface area contributed by atoms with Crippen molar-refractivity contribution in [3.63, 3.8) is 0 Å². The molecule has 1 rings (SSSR count). The molecule has 1 atom stereocenters. The first-order valence-corrected chi connectivity index (χ1v) is 6.98. The monoisotopic (exact) mass is 280 g/mol. The second-order valence-corrected chi connectivity index (χ2v) is 5.45. The third-order valence-corrected chi connectivity index (χ3v) is 3.08. The lowest BCUT2D eigenvalue weighted by Gasteiger charge is -2.15. The second kappa shape index (κ2) is 7.97. The summed E-state index contributed by atoms with van der Waals surface area (Å²) < 4.78 is 5.49. The van der Waals surface area contributed by atoms with Gasteiger partial charge in [-0.05, 0) is 25.3 Å². The molecule has 112 valence electrons. The van der Waals surface area contributed by atoms with E-state index < -0.39 is 0 Å². The molecule has 0 saturated heterocycles. The largest absolute Gasteiger partial charge is 0.380 e. The quantitative estimate of drug-likeness (QED) is 0.451. The number of nitro benzene ring substituents is 1. The molecule has 1 aromatic carbocycles. The van der Waals surface area contributed by atoms with Crippen LogP contribution >= 0.6 is 0 Å². The minimum atomic E-state index is -0.336. The lowest BCUT2D eigenvalue weighted by molar-refractivity contribution is -0.385. The Bertz CT molecular complexity index is 447. The maximum Gasteiger partial charge on any atom is 0.272 e. The third-order valence-electron chi connectivity index (χ3n) is 3.08. The molecule has 0 amide bonds. The highest BCUT2D eigenvalue weighted by molar-refractivity contribution is 5.43. The predicted octanol–water partition coefficient (Wildman–Crippen LogP) is 3.23. The Labute approximate surface area is 120 Å². The van der Waals surface area contributed by atoms with Crippen molar-refractivity contribution in [2.24, 2.45) is 5.92 Å². The fraction of sp³-hybridized carbons (Fsp3) is 0.600. The zero-order chi connectivity index (χ0) is 15.1. The van der Waals surface area contributed by atoms with Gasteiger partial charge in [-0.1, -0.05) is 26.0 Å². The van der Waals surface area contributed by atoms with Gasteiger partial charge in [0, 0.05) is 30.8 Å². The SMILES string of the molecule is Cc1ccc(C(C)NCCOCC(C)C)cc1[N+](=O)[O-]. The average Bonchev–Trinajstić information content (AvgIpc) is 2.37. The van der Waals surface area contributed by atoms with E-state index in [1.807, 2.05) is 13.0 Å². The molecule has 20 heavy (non-hydrogen) atoms. The van der Waals surface area contributed by atoms with Gasteiger partial charge in [-0.3, -0.25) is 10.1 Å². The number of aryl methyl sites for hydroxylation is 1. The van der Waals surface area contributed by atoms with Crippen LogP contribution in [0.3, 0.4) is 0 Å². The van der Waals surface area contributed by atoms with Crippen molar-refractivity contribution in [3.8, 4) is 0 Å². The fourth-order valence-corrected chi connectivity index (χ4v) is 1.88. The molecule has 0 radical (unpaired) electrons. The van der Waals surface area contributed by atoms with Gasteiger partial charge in [-0.2, -0.15) is 0 Å². The van der Waals surface area contributed by atoms with E-state index in [4.69, 9.17) is 4.74 Å². The molecule has 0 aliphatic heterocycles. The summed E-state index contributed by atoms with van der Waals surface area (Å²) in [6, 6.07) is 5.43. The van der Waals surface area contributed by atoms with Crippen molar-refractivity contribution >= 4 is 5.69 Å². The highest BCUT2D eigenvalue weighted by atomic mass is 16.6. The maximum atomic E-state index is 10.9. The van der Waals surface area contributed by atoms with E-state index in [2.05, 4.69) is 19.2 Å². The molecule has 5 heteroatoms. The molecule has 0 heterocycles. The van der Waals surface area contributed by atoms with Crippen LogP contribution in [0, 0.1) is 23.0 Å². The number of ether oxygens (including phenoxy) is 1. The normalized spacial score (nSPS) is 12.7. The Morgan fingerprint density at radius 3 is 2.65 bits per heavy atom. The first-order valence-electron chi connectivity index (χ1n) is 6.98. The van der Waals surface area contributed by atoms with Gasteiger partial charge in [-0.15, -0.1) is 0 Å². The first-order chi connectivity index (χ1) is 9.41. The van der Waals surface area contributed by atoms with Gasteiger partial charge in [0.15, 0.2) is 0 Å². The molecule has 0 fully saturated rings. The zero-order valence-corrected chi connectivity index (χ0v) is 12.7. The molecule has 0 spiro atoms. The van der Waals surface area contributed by atoms with Crippen molar-refractivity contribution in [1.29, 1.82) is 0 Å². The van der Waals surface area contributed by atoms with Crippen LogP contribution in [0.15, 0.2) is 18.2 Å². The third kappa shape index (κ3) is 5.27. The zero-order valence-electron chi connectivity index (χ0n) is 12.7. The number of nitrogens with one attached hydrogen (secondary N) is 1. The molecule has 0 saturated carbocycles. The van der Waals surface area contributed by atoms with E-state index in [-0.39, 0.29) is 16.7 Å². The van der Waals surface area contributed by atoms with E-state index in [1.165, 1.54) is 0 Å². The Hall–Kier alpha value is -1.46. The van der Waals surface area contributed by atoms with Crippen LogP contribution in [0.4, 0.5) is 5.69 Å². The Morgan fingerprint density at radius 2 is 2.05 bits per heavy atom. The highest BCUT2D eigenvalue weighted by Crippen LogP contribution is 2.22. The summed E-state index contributed by atoms with van der Waals surface area (Å²) in [6.07, 6.45) is 0. The van der Waals surface area contributed by atoms with Crippen LogP contribution in [0.1, 0.15) is 37.9 Å². The van der Waals surface area contributed by atoms with Crippen LogP contribution in [0.2, 0.25) is 0 Å². The van der Waals surface area contributed by atoms with Crippen molar-refractivity contribution in [1.82, 2.24) is 5.32 Å². The van der Waals surface area contributed by atoms with Gasteiger partial charge >= 0.3 is 0 Å². The van der Waals surface area contributed by atoms with Crippen LogP contribution in [0.25, 0.3) is 0 Å². The number of hydrogen-bond donors (Lipinski definition) is 1. The molecule has 1 aromatic rings. The molecule has 0 aliphatic carbocycles. The van der Waals surface area contributed by atoms with Crippen LogP contribution in [-0.4, -0.2) is 24.7 Å². The molecular formula is C15H24N2O3. The summed E-state index contributed by atoms with van der Waals surface area (Å²) in [7, 11) is 0. The predicted molar refractivity (Wildman–Crippen MR) is 79.9 cm³/mol. The van der Waals surface area contributed by atoms with Gasteiger partial charge in [0.05, 0.1) is 11.5 Å². The van der Waals surface area contributed by atoms with Gasteiger partial charge in [0.1, 0.15) is 0 Å². The number of rotatable bonds is 8. The standard InChI is InChI=1S/C15H24N2O3/c1-11(2)10-20-8-7-16-13(4)14-6-5-12(3)15(9-14)17(18)19/h5-6,9,11,13,16H,7-8,10H2,1-4H3. The molecule has 0 aliphatic rings. The minimum absolute atomic E-state index is 0.0666. The summed E-state index contributed by atoms with van der Waals surface area (Å²) in [5.41, 5.74) is 1.78.